The molecule has 0 heterocycles. The van der Waals surface area contributed by atoms with Gasteiger partial charge < -0.3 is 5.73 Å². The van der Waals surface area contributed by atoms with Crippen LogP contribution in [0.25, 0.3) is 11.1 Å². The Kier molecular flexibility index (Phi) is 4.88. The second-order valence-electron chi connectivity index (χ2n) is 4.32. The number of hydrogen-bond acceptors (Lipinski definition) is 1. The first-order valence-corrected chi connectivity index (χ1v) is 5.70. The lowest BCUT2D eigenvalue weighted by atomic mass is 9.98. The maximum Gasteiger partial charge on any atom is 0.126 e. The van der Waals surface area contributed by atoms with Crippen molar-refractivity contribution in [1.29, 1.82) is 0 Å². The average Bonchev–Trinajstić information content (AvgIpc) is 2.33. The fourth-order valence-electron chi connectivity index (χ4n) is 1.89. The highest BCUT2D eigenvalue weighted by molar-refractivity contribution is 5.85. The third kappa shape index (κ3) is 2.89. The first kappa shape index (κ1) is 14.7. The summed E-state index contributed by atoms with van der Waals surface area (Å²) in [6, 6.07) is 13.1. The highest BCUT2D eigenvalue weighted by Crippen LogP contribution is 2.26. The van der Waals surface area contributed by atoms with Crippen molar-refractivity contribution >= 4 is 12.4 Å². The van der Waals surface area contributed by atoms with Crippen molar-refractivity contribution < 1.29 is 4.39 Å². The van der Waals surface area contributed by atoms with Gasteiger partial charge in [0.25, 0.3) is 0 Å². The Morgan fingerprint density at radius 3 is 2.22 bits per heavy atom. The minimum Gasteiger partial charge on any atom is -0.324 e. The molecule has 0 bridgehead atoms. The van der Waals surface area contributed by atoms with Crippen LogP contribution in [0.15, 0.2) is 42.5 Å². The van der Waals surface area contributed by atoms with E-state index >= 15 is 0 Å². The van der Waals surface area contributed by atoms with Crippen LogP contribution < -0.4 is 5.73 Å². The van der Waals surface area contributed by atoms with Crippen LogP contribution in [0.4, 0.5) is 4.39 Å². The summed E-state index contributed by atoms with van der Waals surface area (Å²) >= 11 is 0. The average molecular weight is 266 g/mol. The van der Waals surface area contributed by atoms with Gasteiger partial charge in [0.2, 0.25) is 0 Å². The van der Waals surface area contributed by atoms with Crippen molar-refractivity contribution in [2.45, 2.75) is 19.9 Å². The van der Waals surface area contributed by atoms with Crippen molar-refractivity contribution in [3.8, 4) is 11.1 Å². The maximum atomic E-state index is 13.5. The fourth-order valence-corrected chi connectivity index (χ4v) is 1.89. The molecule has 2 N–H and O–H groups in total. The smallest absolute Gasteiger partial charge is 0.126 e. The molecule has 2 rings (SSSR count). The van der Waals surface area contributed by atoms with Gasteiger partial charge in [0, 0.05) is 6.04 Å². The van der Waals surface area contributed by atoms with E-state index in [1.165, 1.54) is 6.07 Å². The second-order valence-corrected chi connectivity index (χ2v) is 4.32. The van der Waals surface area contributed by atoms with E-state index in [2.05, 4.69) is 0 Å². The molecule has 0 aliphatic rings. The van der Waals surface area contributed by atoms with E-state index in [0.717, 1.165) is 16.7 Å². The SMILES string of the molecule is Cc1c(F)cccc1-c1ccc(C(C)N)cc1.Cl. The van der Waals surface area contributed by atoms with Gasteiger partial charge in [-0.15, -0.1) is 12.4 Å². The second kappa shape index (κ2) is 5.98. The summed E-state index contributed by atoms with van der Waals surface area (Å²) in [6.07, 6.45) is 0. The molecule has 0 spiro atoms. The third-order valence-corrected chi connectivity index (χ3v) is 3.02. The highest BCUT2D eigenvalue weighted by atomic mass is 35.5. The zero-order chi connectivity index (χ0) is 12.4. The minimum absolute atomic E-state index is 0. The molecule has 96 valence electrons. The Labute approximate surface area is 113 Å². The van der Waals surface area contributed by atoms with Gasteiger partial charge in [-0.1, -0.05) is 36.4 Å². The standard InChI is InChI=1S/C15H16FN.ClH/c1-10-14(4-3-5-15(10)16)13-8-6-12(7-9-13)11(2)17;/h3-9,11H,17H2,1-2H3;1H. The van der Waals surface area contributed by atoms with Crippen LogP contribution in [0.3, 0.4) is 0 Å². The minimum atomic E-state index is -0.168. The first-order valence-electron chi connectivity index (χ1n) is 5.70. The van der Waals surface area contributed by atoms with Crippen molar-refractivity contribution in [2.24, 2.45) is 5.73 Å². The Morgan fingerprint density at radius 2 is 1.67 bits per heavy atom. The molecular formula is C15H17ClFN. The quantitative estimate of drug-likeness (QED) is 0.863. The predicted octanol–water partition coefficient (Wildman–Crippen LogP) is 4.24. The van der Waals surface area contributed by atoms with Gasteiger partial charge in [0.15, 0.2) is 0 Å². The molecule has 0 aliphatic heterocycles. The molecule has 2 aromatic carbocycles. The number of benzene rings is 2. The molecule has 3 heteroatoms. The lowest BCUT2D eigenvalue weighted by Crippen LogP contribution is -2.04. The van der Waals surface area contributed by atoms with Gasteiger partial charge in [0.05, 0.1) is 0 Å². The van der Waals surface area contributed by atoms with Crippen LogP contribution in [-0.4, -0.2) is 0 Å². The maximum absolute atomic E-state index is 13.5. The molecule has 0 aromatic heterocycles. The van der Waals surface area contributed by atoms with E-state index in [0.29, 0.717) is 5.56 Å². The van der Waals surface area contributed by atoms with Gasteiger partial charge in [0.1, 0.15) is 5.82 Å². The molecule has 0 radical (unpaired) electrons. The van der Waals surface area contributed by atoms with Gasteiger partial charge in [-0.05, 0) is 42.2 Å². The Bertz CT molecular complexity index is 521. The lowest BCUT2D eigenvalue weighted by Gasteiger charge is -2.09. The molecule has 1 unspecified atom stereocenters. The summed E-state index contributed by atoms with van der Waals surface area (Å²) in [5.41, 5.74) is 9.52. The zero-order valence-corrected chi connectivity index (χ0v) is 11.3. The van der Waals surface area contributed by atoms with Crippen LogP contribution in [0.5, 0.6) is 0 Å². The van der Waals surface area contributed by atoms with Crippen molar-refractivity contribution in [1.82, 2.24) is 0 Å². The molecule has 0 saturated heterocycles. The van der Waals surface area contributed by atoms with E-state index in [1.807, 2.05) is 37.3 Å². The topological polar surface area (TPSA) is 26.0 Å². The summed E-state index contributed by atoms with van der Waals surface area (Å²) in [5.74, 6) is -0.168. The van der Waals surface area contributed by atoms with Crippen LogP contribution in [-0.2, 0) is 0 Å². The van der Waals surface area contributed by atoms with E-state index in [9.17, 15) is 4.39 Å². The van der Waals surface area contributed by atoms with Crippen LogP contribution in [0, 0.1) is 12.7 Å². The first-order chi connectivity index (χ1) is 8.09. The van der Waals surface area contributed by atoms with Gasteiger partial charge in [-0.3, -0.25) is 0 Å². The molecule has 1 nitrogen and oxygen atoms in total. The highest BCUT2D eigenvalue weighted by Gasteiger charge is 2.06. The molecule has 1 atom stereocenters. The Balaban J connectivity index is 0.00000162. The van der Waals surface area contributed by atoms with Crippen molar-refractivity contribution in [2.75, 3.05) is 0 Å². The number of hydrogen-bond donors (Lipinski definition) is 1. The van der Waals surface area contributed by atoms with Crippen LogP contribution >= 0.6 is 12.4 Å². The van der Waals surface area contributed by atoms with Gasteiger partial charge >= 0.3 is 0 Å². The lowest BCUT2D eigenvalue weighted by molar-refractivity contribution is 0.619. The molecule has 18 heavy (non-hydrogen) atoms. The zero-order valence-electron chi connectivity index (χ0n) is 10.5. The number of nitrogens with two attached hydrogens (primary N) is 1. The molecule has 2 aromatic rings. The fraction of sp³-hybridized carbons (Fsp3) is 0.200. The monoisotopic (exact) mass is 265 g/mol. The third-order valence-electron chi connectivity index (χ3n) is 3.02. The molecule has 0 saturated carbocycles. The van der Waals surface area contributed by atoms with Gasteiger partial charge in [-0.25, -0.2) is 4.39 Å². The van der Waals surface area contributed by atoms with Crippen molar-refractivity contribution in [3.05, 3.63) is 59.4 Å². The van der Waals surface area contributed by atoms with E-state index in [4.69, 9.17) is 5.73 Å². The van der Waals surface area contributed by atoms with Crippen molar-refractivity contribution in [3.63, 3.8) is 0 Å². The number of halogens is 2. The molecule has 0 aliphatic carbocycles. The van der Waals surface area contributed by atoms with E-state index < -0.39 is 0 Å². The summed E-state index contributed by atoms with van der Waals surface area (Å²) in [6.45, 7) is 3.74. The Hall–Kier alpha value is -1.38. The largest absolute Gasteiger partial charge is 0.324 e. The normalized spacial score (nSPS) is 11.8. The summed E-state index contributed by atoms with van der Waals surface area (Å²) in [7, 11) is 0. The summed E-state index contributed by atoms with van der Waals surface area (Å²) in [5, 5.41) is 0. The predicted molar refractivity (Wildman–Crippen MR) is 76.4 cm³/mol. The van der Waals surface area contributed by atoms with Crippen LogP contribution in [0.2, 0.25) is 0 Å². The van der Waals surface area contributed by atoms with E-state index in [-0.39, 0.29) is 24.3 Å². The van der Waals surface area contributed by atoms with Crippen LogP contribution in [0.1, 0.15) is 24.1 Å². The molecule has 0 amide bonds. The van der Waals surface area contributed by atoms with E-state index in [1.54, 1.807) is 13.0 Å². The van der Waals surface area contributed by atoms with Gasteiger partial charge in [-0.2, -0.15) is 0 Å². The molecular weight excluding hydrogens is 249 g/mol. The summed E-state index contributed by atoms with van der Waals surface area (Å²) < 4.78 is 13.5. The molecule has 0 fully saturated rings. The summed E-state index contributed by atoms with van der Waals surface area (Å²) in [4.78, 5) is 0. The Morgan fingerprint density at radius 1 is 1.06 bits per heavy atom. The number of rotatable bonds is 2.